The van der Waals surface area contributed by atoms with E-state index in [1.165, 1.54) is 42.7 Å². The van der Waals surface area contributed by atoms with Gasteiger partial charge in [-0.15, -0.1) is 11.3 Å². The van der Waals surface area contributed by atoms with Crippen molar-refractivity contribution in [2.75, 3.05) is 17.3 Å². The van der Waals surface area contributed by atoms with Gasteiger partial charge in [0.2, 0.25) is 0 Å². The Morgan fingerprint density at radius 2 is 1.79 bits per heavy atom. The second kappa shape index (κ2) is 7.52. The predicted octanol–water partition coefficient (Wildman–Crippen LogP) is 4.60. The smallest absolute Gasteiger partial charge is 0.282 e. The topological polar surface area (TPSA) is 58.6 Å². The molecule has 0 atom stereocenters. The third kappa shape index (κ3) is 3.40. The molecule has 4 rings (SSSR count). The van der Waals surface area contributed by atoms with Crippen molar-refractivity contribution < 1.29 is 18.7 Å². The van der Waals surface area contributed by atoms with Crippen LogP contribution in [0.15, 0.2) is 65.7 Å². The molecule has 0 aliphatic carbocycles. The van der Waals surface area contributed by atoms with Crippen molar-refractivity contribution in [3.63, 3.8) is 0 Å². The van der Waals surface area contributed by atoms with Gasteiger partial charge in [0, 0.05) is 4.88 Å². The van der Waals surface area contributed by atoms with Crippen LogP contribution in [0.25, 0.3) is 5.57 Å². The van der Waals surface area contributed by atoms with Crippen LogP contribution >= 0.6 is 11.3 Å². The molecule has 0 bridgehead atoms. The molecule has 0 spiro atoms. The Hall–Kier alpha value is -3.45. The number of aryl methyl sites for hydroxylation is 1. The van der Waals surface area contributed by atoms with Crippen molar-refractivity contribution >= 4 is 40.1 Å². The van der Waals surface area contributed by atoms with Gasteiger partial charge in [-0.25, -0.2) is 9.29 Å². The minimum atomic E-state index is -0.506. The first-order chi connectivity index (χ1) is 14.0. The van der Waals surface area contributed by atoms with Gasteiger partial charge in [0.05, 0.1) is 24.1 Å². The summed E-state index contributed by atoms with van der Waals surface area (Å²) in [7, 11) is 1.54. The molecule has 2 aromatic carbocycles. The number of rotatable bonds is 5. The van der Waals surface area contributed by atoms with E-state index in [1.54, 1.807) is 12.1 Å². The van der Waals surface area contributed by atoms with Crippen molar-refractivity contribution in [1.82, 2.24) is 0 Å². The Bertz CT molecular complexity index is 1120. The quantitative estimate of drug-likeness (QED) is 0.627. The molecule has 0 unspecified atom stereocenters. The molecular formula is C22H17FN2O3S. The lowest BCUT2D eigenvalue weighted by Crippen LogP contribution is -2.32. The van der Waals surface area contributed by atoms with E-state index < -0.39 is 17.6 Å². The average Bonchev–Trinajstić information content (AvgIpc) is 3.30. The second-order valence-corrected chi connectivity index (χ2v) is 7.43. The molecule has 0 radical (unpaired) electrons. The van der Waals surface area contributed by atoms with Gasteiger partial charge in [-0.05, 0) is 60.3 Å². The molecule has 1 aliphatic rings. The maximum atomic E-state index is 13.3. The molecule has 5 nitrogen and oxygen atoms in total. The summed E-state index contributed by atoms with van der Waals surface area (Å²) in [5, 5.41) is 4.94. The summed E-state index contributed by atoms with van der Waals surface area (Å²) >= 11 is 1.36. The largest absolute Gasteiger partial charge is 0.495 e. The number of methoxy groups -OCH3 is 1. The Morgan fingerprint density at radius 3 is 2.45 bits per heavy atom. The monoisotopic (exact) mass is 408 g/mol. The van der Waals surface area contributed by atoms with Gasteiger partial charge in [-0.2, -0.15) is 0 Å². The minimum Gasteiger partial charge on any atom is -0.495 e. The third-order valence-corrected chi connectivity index (χ3v) is 5.44. The Kier molecular flexibility index (Phi) is 4.90. The number of anilines is 2. The number of benzene rings is 2. The summed E-state index contributed by atoms with van der Waals surface area (Å²) in [6.07, 6.45) is 0. The maximum absolute atomic E-state index is 13.3. The van der Waals surface area contributed by atoms with Crippen LogP contribution in [0.1, 0.15) is 10.4 Å². The normalized spacial score (nSPS) is 14.0. The van der Waals surface area contributed by atoms with Gasteiger partial charge in [0.15, 0.2) is 0 Å². The van der Waals surface area contributed by atoms with E-state index in [1.807, 2.05) is 30.5 Å². The highest BCUT2D eigenvalue weighted by Gasteiger charge is 2.41. The van der Waals surface area contributed by atoms with E-state index in [0.29, 0.717) is 22.0 Å². The molecule has 0 fully saturated rings. The summed E-state index contributed by atoms with van der Waals surface area (Å²) in [6.45, 7) is 1.92. The number of hydrogen-bond acceptors (Lipinski definition) is 5. The fraction of sp³-hybridized carbons (Fsp3) is 0.0909. The molecule has 2 amide bonds. The lowest BCUT2D eigenvalue weighted by atomic mass is 10.1. The van der Waals surface area contributed by atoms with E-state index in [2.05, 4.69) is 5.32 Å². The minimum absolute atomic E-state index is 0.158. The first kappa shape index (κ1) is 18.9. The molecule has 1 aliphatic heterocycles. The Labute approximate surface area is 171 Å². The van der Waals surface area contributed by atoms with Gasteiger partial charge < -0.3 is 10.1 Å². The molecule has 29 heavy (non-hydrogen) atoms. The third-order valence-electron chi connectivity index (χ3n) is 4.55. The molecule has 1 N–H and O–H groups in total. The predicted molar refractivity (Wildman–Crippen MR) is 111 cm³/mol. The number of halogens is 1. The van der Waals surface area contributed by atoms with Gasteiger partial charge in [0.1, 0.15) is 17.3 Å². The van der Waals surface area contributed by atoms with Crippen LogP contribution < -0.4 is 15.0 Å². The van der Waals surface area contributed by atoms with Crippen LogP contribution in [0.3, 0.4) is 0 Å². The zero-order valence-electron chi connectivity index (χ0n) is 15.7. The highest BCUT2D eigenvalue weighted by molar-refractivity contribution is 7.11. The van der Waals surface area contributed by atoms with Crippen LogP contribution in [0.2, 0.25) is 0 Å². The average molecular weight is 408 g/mol. The summed E-state index contributed by atoms with van der Waals surface area (Å²) in [4.78, 5) is 28.2. The molecule has 146 valence electrons. The number of hydrogen-bond donors (Lipinski definition) is 1. The van der Waals surface area contributed by atoms with Crippen LogP contribution in [-0.2, 0) is 9.59 Å². The number of carbonyl (C=O) groups excluding carboxylic acids is 2. The van der Waals surface area contributed by atoms with E-state index in [9.17, 15) is 14.0 Å². The number of nitrogens with one attached hydrogen (secondary N) is 1. The molecule has 7 heteroatoms. The number of ether oxygens (including phenoxy) is 1. The number of nitrogens with zero attached hydrogens (tertiary/aromatic N) is 1. The maximum Gasteiger partial charge on any atom is 0.282 e. The summed E-state index contributed by atoms with van der Waals surface area (Å²) in [6, 6.07) is 14.4. The lowest BCUT2D eigenvalue weighted by Gasteiger charge is -2.16. The van der Waals surface area contributed by atoms with E-state index in [-0.39, 0.29) is 11.3 Å². The Morgan fingerprint density at radius 1 is 1.03 bits per heavy atom. The molecule has 0 saturated heterocycles. The molecule has 0 saturated carbocycles. The summed E-state index contributed by atoms with van der Waals surface area (Å²) in [5.41, 5.74) is 2.30. The van der Waals surface area contributed by atoms with E-state index in [0.717, 1.165) is 10.5 Å². The van der Waals surface area contributed by atoms with Crippen LogP contribution in [0.5, 0.6) is 5.75 Å². The molecule has 2 heterocycles. The van der Waals surface area contributed by atoms with Crippen LogP contribution in [0.4, 0.5) is 15.8 Å². The zero-order chi connectivity index (χ0) is 20.5. The molecule has 1 aromatic heterocycles. The number of amides is 2. The standard InChI is InChI=1S/C22H17FN2O3S/c1-13-5-10-17(28-2)16(12-13)24-20-19(18-4-3-11-29-18)21(26)25(22(20)27)15-8-6-14(23)7-9-15/h3-12,24H,1-2H3. The molecule has 3 aromatic rings. The van der Waals surface area contributed by atoms with Crippen LogP contribution in [0, 0.1) is 12.7 Å². The number of imide groups is 1. The highest BCUT2D eigenvalue weighted by atomic mass is 32.1. The highest BCUT2D eigenvalue weighted by Crippen LogP contribution is 2.37. The molecular weight excluding hydrogens is 391 g/mol. The van der Waals surface area contributed by atoms with Crippen molar-refractivity contribution in [2.24, 2.45) is 0 Å². The van der Waals surface area contributed by atoms with Gasteiger partial charge in [0.25, 0.3) is 11.8 Å². The van der Waals surface area contributed by atoms with Crippen molar-refractivity contribution in [3.05, 3.63) is 81.9 Å². The zero-order valence-corrected chi connectivity index (χ0v) is 16.5. The van der Waals surface area contributed by atoms with Crippen molar-refractivity contribution in [3.8, 4) is 5.75 Å². The first-order valence-corrected chi connectivity index (χ1v) is 9.71. The van der Waals surface area contributed by atoms with E-state index >= 15 is 0 Å². The number of carbonyl (C=O) groups is 2. The van der Waals surface area contributed by atoms with E-state index in [4.69, 9.17) is 4.74 Å². The lowest BCUT2D eigenvalue weighted by molar-refractivity contribution is -0.120. The Balaban J connectivity index is 1.82. The van der Waals surface area contributed by atoms with Gasteiger partial charge >= 0.3 is 0 Å². The van der Waals surface area contributed by atoms with Crippen molar-refractivity contribution in [2.45, 2.75) is 6.92 Å². The van der Waals surface area contributed by atoms with Crippen LogP contribution in [-0.4, -0.2) is 18.9 Å². The summed E-state index contributed by atoms with van der Waals surface area (Å²) < 4.78 is 18.7. The second-order valence-electron chi connectivity index (χ2n) is 6.48. The first-order valence-electron chi connectivity index (χ1n) is 8.83. The van der Waals surface area contributed by atoms with Gasteiger partial charge in [-0.3, -0.25) is 9.59 Å². The van der Waals surface area contributed by atoms with Crippen molar-refractivity contribution in [1.29, 1.82) is 0 Å². The summed E-state index contributed by atoms with van der Waals surface area (Å²) in [5.74, 6) is -0.858. The SMILES string of the molecule is COc1ccc(C)cc1NC1=C(c2cccs2)C(=O)N(c2ccc(F)cc2)C1=O. The van der Waals surface area contributed by atoms with Gasteiger partial charge in [-0.1, -0.05) is 12.1 Å². The number of thiophene rings is 1. The fourth-order valence-corrected chi connectivity index (χ4v) is 3.94. The fourth-order valence-electron chi connectivity index (χ4n) is 3.17.